The molecule has 3 nitrogen and oxygen atoms in total. The quantitative estimate of drug-likeness (QED) is 0.926. The molecule has 1 amide bonds. The van der Waals surface area contributed by atoms with Gasteiger partial charge in [0.1, 0.15) is 5.82 Å². The molecule has 98 valence electrons. The molecule has 5 heteroatoms. The summed E-state index contributed by atoms with van der Waals surface area (Å²) in [4.78, 5) is 13.6. The minimum Gasteiger partial charge on any atom is -0.376 e. The Bertz CT molecular complexity index is 474. The van der Waals surface area contributed by atoms with Gasteiger partial charge in [0.05, 0.1) is 11.0 Å². The number of nitrogens with one attached hydrogen (secondary N) is 1. The van der Waals surface area contributed by atoms with Gasteiger partial charge in [0.25, 0.3) is 0 Å². The van der Waals surface area contributed by atoms with Crippen molar-refractivity contribution in [2.75, 3.05) is 18.9 Å². The zero-order valence-corrected chi connectivity index (χ0v) is 12.1. The summed E-state index contributed by atoms with van der Waals surface area (Å²) in [6.45, 7) is 2.08. The fraction of sp³-hybridized carbons (Fsp3) is 0.462. The number of rotatable bonds is 4. The van der Waals surface area contributed by atoms with Crippen LogP contribution in [0.25, 0.3) is 0 Å². The van der Waals surface area contributed by atoms with Crippen molar-refractivity contribution < 1.29 is 9.18 Å². The van der Waals surface area contributed by atoms with Crippen molar-refractivity contribution in [2.24, 2.45) is 0 Å². The van der Waals surface area contributed by atoms with E-state index in [0.717, 1.165) is 18.4 Å². The van der Waals surface area contributed by atoms with Gasteiger partial charge in [0.2, 0.25) is 5.91 Å². The Kier molecular flexibility index (Phi) is 3.90. The number of hydrogen-bond donors (Lipinski definition) is 1. The Morgan fingerprint density at radius 2 is 2.22 bits per heavy atom. The number of likely N-dealkylation sites (N-methyl/N-ethyl adjacent to an activating group) is 1. The van der Waals surface area contributed by atoms with Gasteiger partial charge >= 0.3 is 0 Å². The summed E-state index contributed by atoms with van der Waals surface area (Å²) < 4.78 is 13.8. The number of nitrogens with zero attached hydrogens (tertiary/aromatic N) is 1. The van der Waals surface area contributed by atoms with Crippen LogP contribution in [0.1, 0.15) is 18.4 Å². The Hall–Kier alpha value is -1.10. The van der Waals surface area contributed by atoms with E-state index in [-0.39, 0.29) is 18.3 Å². The number of carbonyl (C=O) groups excluding carboxylic acids is 1. The van der Waals surface area contributed by atoms with Crippen molar-refractivity contribution in [3.63, 3.8) is 0 Å². The third kappa shape index (κ3) is 3.02. The summed E-state index contributed by atoms with van der Waals surface area (Å²) >= 11 is 3.13. The Balaban J connectivity index is 1.97. The number of benzene rings is 1. The third-order valence-electron chi connectivity index (χ3n) is 3.19. The minimum atomic E-state index is -0.328. The molecule has 1 aromatic rings. The largest absolute Gasteiger partial charge is 0.376 e. The van der Waals surface area contributed by atoms with Crippen LogP contribution in [-0.4, -0.2) is 30.4 Å². The molecular formula is C13H16BrFN2O. The van der Waals surface area contributed by atoms with E-state index in [9.17, 15) is 9.18 Å². The first-order chi connectivity index (χ1) is 8.49. The molecule has 2 rings (SSSR count). The standard InChI is InChI=1S/C13H16BrFN2O/c1-8-5-10(14)11(15)6-12(8)16-7-13(18)17(2)9-3-4-9/h5-6,9,16H,3-4,7H2,1-2H3. The van der Waals surface area contributed by atoms with Crippen LogP contribution in [0.5, 0.6) is 0 Å². The smallest absolute Gasteiger partial charge is 0.241 e. The fourth-order valence-corrected chi connectivity index (χ4v) is 2.26. The predicted octanol–water partition coefficient (Wildman–Crippen LogP) is 2.93. The summed E-state index contributed by atoms with van der Waals surface area (Å²) in [7, 11) is 1.82. The van der Waals surface area contributed by atoms with Crippen LogP contribution in [0.3, 0.4) is 0 Å². The van der Waals surface area contributed by atoms with Crippen LogP contribution in [0.4, 0.5) is 10.1 Å². The van der Waals surface area contributed by atoms with Crippen molar-refractivity contribution in [2.45, 2.75) is 25.8 Å². The normalized spacial score (nSPS) is 14.4. The predicted molar refractivity (Wildman–Crippen MR) is 73.1 cm³/mol. The Labute approximate surface area is 114 Å². The van der Waals surface area contributed by atoms with E-state index in [1.54, 1.807) is 11.0 Å². The van der Waals surface area contributed by atoms with E-state index in [1.807, 2.05) is 14.0 Å². The summed E-state index contributed by atoms with van der Waals surface area (Å²) in [5, 5.41) is 2.99. The number of hydrogen-bond acceptors (Lipinski definition) is 2. The van der Waals surface area contributed by atoms with E-state index < -0.39 is 0 Å². The first-order valence-corrected chi connectivity index (χ1v) is 6.73. The summed E-state index contributed by atoms with van der Waals surface area (Å²) in [5.41, 5.74) is 1.57. The number of aryl methyl sites for hydroxylation is 1. The maximum atomic E-state index is 13.4. The molecule has 1 aliphatic rings. The minimum absolute atomic E-state index is 0.0419. The highest BCUT2D eigenvalue weighted by atomic mass is 79.9. The van der Waals surface area contributed by atoms with Crippen LogP contribution in [0.2, 0.25) is 0 Å². The Morgan fingerprint density at radius 3 is 2.83 bits per heavy atom. The van der Waals surface area contributed by atoms with Crippen LogP contribution < -0.4 is 5.32 Å². The summed E-state index contributed by atoms with van der Waals surface area (Å²) in [6, 6.07) is 3.51. The molecule has 0 saturated heterocycles. The van der Waals surface area contributed by atoms with Gasteiger partial charge in [-0.2, -0.15) is 0 Å². The monoisotopic (exact) mass is 314 g/mol. The van der Waals surface area contributed by atoms with Gasteiger partial charge in [-0.1, -0.05) is 0 Å². The SMILES string of the molecule is Cc1cc(Br)c(F)cc1NCC(=O)N(C)C1CC1. The second-order valence-electron chi connectivity index (χ2n) is 4.67. The zero-order chi connectivity index (χ0) is 13.3. The lowest BCUT2D eigenvalue weighted by Crippen LogP contribution is -2.33. The van der Waals surface area contributed by atoms with Gasteiger partial charge in [-0.15, -0.1) is 0 Å². The lowest BCUT2D eigenvalue weighted by molar-refractivity contribution is -0.128. The summed E-state index contributed by atoms with van der Waals surface area (Å²) in [6.07, 6.45) is 2.18. The fourth-order valence-electron chi connectivity index (χ4n) is 1.80. The molecule has 0 unspecified atom stereocenters. The topological polar surface area (TPSA) is 32.3 Å². The number of halogens is 2. The molecule has 0 aromatic heterocycles. The molecule has 0 spiro atoms. The van der Waals surface area contributed by atoms with Gasteiger partial charge < -0.3 is 10.2 Å². The number of anilines is 1. The van der Waals surface area contributed by atoms with Crippen LogP contribution in [0.15, 0.2) is 16.6 Å². The van der Waals surface area contributed by atoms with Crippen molar-refractivity contribution in [1.82, 2.24) is 4.90 Å². The maximum absolute atomic E-state index is 13.4. The van der Waals surface area contributed by atoms with E-state index in [4.69, 9.17) is 0 Å². The summed E-state index contributed by atoms with van der Waals surface area (Å²) in [5.74, 6) is -0.286. The molecule has 0 bridgehead atoms. The first kappa shape index (κ1) is 13.3. The highest BCUT2D eigenvalue weighted by Gasteiger charge is 2.29. The molecule has 1 aliphatic carbocycles. The molecule has 1 fully saturated rings. The highest BCUT2D eigenvalue weighted by molar-refractivity contribution is 9.10. The molecular weight excluding hydrogens is 299 g/mol. The van der Waals surface area contributed by atoms with Gasteiger partial charge in [-0.25, -0.2) is 4.39 Å². The lowest BCUT2D eigenvalue weighted by Gasteiger charge is -2.17. The van der Waals surface area contributed by atoms with E-state index >= 15 is 0 Å². The second kappa shape index (κ2) is 5.26. The van der Waals surface area contributed by atoms with E-state index in [2.05, 4.69) is 21.2 Å². The molecule has 0 heterocycles. The zero-order valence-electron chi connectivity index (χ0n) is 10.5. The van der Waals surface area contributed by atoms with Gasteiger partial charge in [-0.3, -0.25) is 4.79 Å². The highest BCUT2D eigenvalue weighted by Crippen LogP contribution is 2.26. The Morgan fingerprint density at radius 1 is 1.56 bits per heavy atom. The van der Waals surface area contributed by atoms with Crippen molar-refractivity contribution in [1.29, 1.82) is 0 Å². The molecule has 18 heavy (non-hydrogen) atoms. The number of carbonyl (C=O) groups is 1. The van der Waals surface area contributed by atoms with Crippen molar-refractivity contribution in [3.05, 3.63) is 28.0 Å². The van der Waals surface area contributed by atoms with Crippen LogP contribution in [-0.2, 0) is 4.79 Å². The lowest BCUT2D eigenvalue weighted by atomic mass is 10.2. The average molecular weight is 315 g/mol. The average Bonchev–Trinajstić information content (AvgIpc) is 3.14. The second-order valence-corrected chi connectivity index (χ2v) is 5.52. The molecule has 0 atom stereocenters. The molecule has 1 N–H and O–H groups in total. The van der Waals surface area contributed by atoms with Gasteiger partial charge in [0.15, 0.2) is 0 Å². The first-order valence-electron chi connectivity index (χ1n) is 5.94. The van der Waals surface area contributed by atoms with Gasteiger partial charge in [0, 0.05) is 18.8 Å². The van der Waals surface area contributed by atoms with Crippen LogP contribution >= 0.6 is 15.9 Å². The maximum Gasteiger partial charge on any atom is 0.241 e. The van der Waals surface area contributed by atoms with Crippen molar-refractivity contribution in [3.8, 4) is 0 Å². The molecule has 1 aromatic carbocycles. The van der Waals surface area contributed by atoms with Crippen molar-refractivity contribution >= 4 is 27.5 Å². The number of amides is 1. The third-order valence-corrected chi connectivity index (χ3v) is 3.79. The van der Waals surface area contributed by atoms with Gasteiger partial charge in [-0.05, 0) is 53.4 Å². The van der Waals surface area contributed by atoms with E-state index in [0.29, 0.717) is 16.2 Å². The molecule has 1 saturated carbocycles. The van der Waals surface area contributed by atoms with E-state index in [1.165, 1.54) is 6.07 Å². The molecule has 0 radical (unpaired) electrons. The van der Waals surface area contributed by atoms with Crippen LogP contribution in [0, 0.1) is 12.7 Å². The molecule has 0 aliphatic heterocycles.